The lowest BCUT2D eigenvalue weighted by Gasteiger charge is -2.16. The maximum atomic E-state index is 11.1. The molecular weight excluding hydrogens is 222 g/mol. The van der Waals surface area contributed by atoms with E-state index in [9.17, 15) is 14.4 Å². The highest BCUT2D eigenvalue weighted by Crippen LogP contribution is 1.98. The van der Waals surface area contributed by atoms with Gasteiger partial charge >= 0.3 is 18.2 Å². The fourth-order valence-electron chi connectivity index (χ4n) is 0.723. The Morgan fingerprint density at radius 2 is 1.50 bits per heavy atom. The average molecular weight is 235 g/mol. The largest absolute Gasteiger partial charge is 0.452 e. The van der Waals surface area contributed by atoms with E-state index in [1.807, 2.05) is 0 Å². The van der Waals surface area contributed by atoms with Crippen LogP contribution in [0.25, 0.3) is 0 Å². The van der Waals surface area contributed by atoms with Gasteiger partial charge in [-0.2, -0.15) is 0 Å². The van der Waals surface area contributed by atoms with Crippen molar-refractivity contribution in [3.8, 4) is 0 Å². The predicted octanol–water partition coefficient (Wildman–Crippen LogP) is -0.0317. The molecule has 2 amide bonds. The van der Waals surface area contributed by atoms with E-state index in [2.05, 4.69) is 18.9 Å². The van der Waals surface area contributed by atoms with Gasteiger partial charge in [0.15, 0.2) is 6.79 Å². The van der Waals surface area contributed by atoms with Gasteiger partial charge in [0, 0.05) is 7.11 Å². The molecule has 0 aromatic carbocycles. The molecular formula is C8H13NO7. The van der Waals surface area contributed by atoms with Crippen molar-refractivity contribution in [3.63, 3.8) is 0 Å². The van der Waals surface area contributed by atoms with Gasteiger partial charge in [0.25, 0.3) is 0 Å². The summed E-state index contributed by atoms with van der Waals surface area (Å²) in [7, 11) is 3.46. The minimum atomic E-state index is -1.01. The van der Waals surface area contributed by atoms with Crippen LogP contribution in [-0.2, 0) is 23.7 Å². The van der Waals surface area contributed by atoms with Crippen LogP contribution in [0, 0.1) is 0 Å². The second-order valence-electron chi connectivity index (χ2n) is 2.45. The molecule has 0 aliphatic heterocycles. The Morgan fingerprint density at radius 3 is 1.88 bits per heavy atom. The van der Waals surface area contributed by atoms with Crippen molar-refractivity contribution in [2.75, 3.05) is 34.7 Å². The third kappa shape index (κ3) is 4.60. The van der Waals surface area contributed by atoms with Crippen molar-refractivity contribution < 1.29 is 33.3 Å². The van der Waals surface area contributed by atoms with Crippen LogP contribution in [0.4, 0.5) is 9.59 Å². The van der Waals surface area contributed by atoms with Crippen LogP contribution in [0.2, 0.25) is 0 Å². The number of amides is 2. The highest BCUT2D eigenvalue weighted by atomic mass is 16.7. The zero-order valence-corrected chi connectivity index (χ0v) is 9.22. The van der Waals surface area contributed by atoms with Crippen LogP contribution in [0.5, 0.6) is 0 Å². The Balaban J connectivity index is 4.37. The number of imide groups is 1. The monoisotopic (exact) mass is 235 g/mol. The molecule has 16 heavy (non-hydrogen) atoms. The quantitative estimate of drug-likeness (QED) is 0.383. The molecule has 0 saturated carbocycles. The molecule has 0 heterocycles. The third-order valence-electron chi connectivity index (χ3n) is 1.41. The summed E-state index contributed by atoms with van der Waals surface area (Å²) in [5, 5.41) is 0. The van der Waals surface area contributed by atoms with Crippen LogP contribution in [0.15, 0.2) is 0 Å². The molecule has 0 spiro atoms. The topological polar surface area (TPSA) is 91.4 Å². The van der Waals surface area contributed by atoms with Crippen molar-refractivity contribution in [1.29, 1.82) is 0 Å². The van der Waals surface area contributed by atoms with Gasteiger partial charge in [0.2, 0.25) is 0 Å². The van der Waals surface area contributed by atoms with Gasteiger partial charge in [-0.3, -0.25) is 4.79 Å². The highest BCUT2D eigenvalue weighted by Gasteiger charge is 2.26. The molecule has 0 aromatic rings. The van der Waals surface area contributed by atoms with Gasteiger partial charge in [-0.05, 0) is 0 Å². The van der Waals surface area contributed by atoms with Crippen LogP contribution >= 0.6 is 0 Å². The fraction of sp³-hybridized carbons (Fsp3) is 0.625. The van der Waals surface area contributed by atoms with Crippen molar-refractivity contribution >= 4 is 18.2 Å². The molecule has 92 valence electrons. The maximum Gasteiger partial charge on any atom is 0.419 e. The molecule has 0 radical (unpaired) electrons. The van der Waals surface area contributed by atoms with E-state index >= 15 is 0 Å². The normalized spacial score (nSPS) is 9.19. The van der Waals surface area contributed by atoms with Crippen LogP contribution < -0.4 is 0 Å². The lowest BCUT2D eigenvalue weighted by Crippen LogP contribution is -2.41. The third-order valence-corrected chi connectivity index (χ3v) is 1.41. The van der Waals surface area contributed by atoms with Crippen molar-refractivity contribution in [3.05, 3.63) is 0 Å². The molecule has 0 aliphatic rings. The van der Waals surface area contributed by atoms with E-state index in [4.69, 9.17) is 0 Å². The zero-order chi connectivity index (χ0) is 12.6. The van der Waals surface area contributed by atoms with Crippen molar-refractivity contribution in [1.82, 2.24) is 4.90 Å². The van der Waals surface area contributed by atoms with Gasteiger partial charge in [0.1, 0.15) is 6.54 Å². The van der Waals surface area contributed by atoms with E-state index in [1.165, 1.54) is 7.11 Å². The van der Waals surface area contributed by atoms with Crippen molar-refractivity contribution in [2.24, 2.45) is 0 Å². The second-order valence-corrected chi connectivity index (χ2v) is 2.45. The van der Waals surface area contributed by atoms with Crippen LogP contribution in [0.3, 0.4) is 0 Å². The first kappa shape index (κ1) is 14.2. The number of ether oxygens (including phenoxy) is 4. The first-order valence-corrected chi connectivity index (χ1v) is 4.14. The minimum Gasteiger partial charge on any atom is -0.452 e. The Labute approximate surface area is 92.0 Å². The van der Waals surface area contributed by atoms with E-state index in [1.54, 1.807) is 0 Å². The van der Waals surface area contributed by atoms with Gasteiger partial charge in [-0.1, -0.05) is 0 Å². The summed E-state index contributed by atoms with van der Waals surface area (Å²) in [6.45, 7) is -0.877. The molecule has 0 atom stereocenters. The number of hydrogen-bond acceptors (Lipinski definition) is 7. The molecule has 0 saturated heterocycles. The minimum absolute atomic E-state index is 0.269. The number of esters is 1. The summed E-state index contributed by atoms with van der Waals surface area (Å²) < 4.78 is 17.5. The van der Waals surface area contributed by atoms with Crippen LogP contribution in [-0.4, -0.2) is 57.7 Å². The van der Waals surface area contributed by atoms with E-state index in [-0.39, 0.29) is 6.79 Å². The molecule has 8 nitrogen and oxygen atoms in total. The summed E-state index contributed by atoms with van der Waals surface area (Å²) in [4.78, 5) is 33.7. The molecule has 0 N–H and O–H groups in total. The van der Waals surface area contributed by atoms with Crippen LogP contribution in [0.1, 0.15) is 0 Å². The summed E-state index contributed by atoms with van der Waals surface area (Å²) in [5.74, 6) is -0.822. The Bertz CT molecular complexity index is 249. The Hall–Kier alpha value is -1.83. The van der Waals surface area contributed by atoms with Gasteiger partial charge < -0.3 is 18.9 Å². The second kappa shape index (κ2) is 7.46. The summed E-state index contributed by atoms with van der Waals surface area (Å²) in [6, 6.07) is 0. The zero-order valence-electron chi connectivity index (χ0n) is 9.22. The predicted molar refractivity (Wildman–Crippen MR) is 49.5 cm³/mol. The van der Waals surface area contributed by atoms with Crippen molar-refractivity contribution in [2.45, 2.75) is 0 Å². The summed E-state index contributed by atoms with van der Waals surface area (Å²) in [6.07, 6.45) is -2.03. The Morgan fingerprint density at radius 1 is 1.00 bits per heavy atom. The number of hydrogen-bond donors (Lipinski definition) is 0. The number of carbonyl (C=O) groups excluding carboxylic acids is 3. The average Bonchev–Trinajstić information content (AvgIpc) is 2.31. The molecule has 8 heteroatoms. The van der Waals surface area contributed by atoms with Gasteiger partial charge in [0.05, 0.1) is 14.2 Å². The lowest BCUT2D eigenvalue weighted by molar-refractivity contribution is -0.154. The van der Waals surface area contributed by atoms with Gasteiger partial charge in [-0.15, -0.1) is 0 Å². The number of nitrogens with zero attached hydrogens (tertiary/aromatic N) is 1. The maximum absolute atomic E-state index is 11.1. The molecule has 0 aromatic heterocycles. The SMILES string of the molecule is COCOC(=O)CN(C(=O)OC)C(=O)OC. The number of carbonyl (C=O) groups is 3. The van der Waals surface area contributed by atoms with Gasteiger partial charge in [-0.25, -0.2) is 14.5 Å². The summed E-state index contributed by atoms with van der Waals surface area (Å²) >= 11 is 0. The van der Waals surface area contributed by atoms with E-state index in [0.717, 1.165) is 14.2 Å². The van der Waals surface area contributed by atoms with E-state index < -0.39 is 24.7 Å². The molecule has 0 fully saturated rings. The molecule has 0 aliphatic carbocycles. The highest BCUT2D eigenvalue weighted by molar-refractivity contribution is 5.91. The number of methoxy groups -OCH3 is 3. The molecule has 0 rings (SSSR count). The summed E-state index contributed by atoms with van der Waals surface area (Å²) in [5.41, 5.74) is 0. The Kier molecular flexibility index (Phi) is 6.61. The standard InChI is InChI=1S/C8H13NO7/c1-13-5-16-6(10)4-9(7(11)14-2)8(12)15-3/h4-5H2,1-3H3. The lowest BCUT2D eigenvalue weighted by atomic mass is 10.6. The first-order valence-electron chi connectivity index (χ1n) is 4.14. The molecule has 0 unspecified atom stereocenters. The fourth-order valence-corrected chi connectivity index (χ4v) is 0.723. The smallest absolute Gasteiger partial charge is 0.419 e. The van der Waals surface area contributed by atoms with E-state index in [0.29, 0.717) is 4.90 Å². The number of rotatable bonds is 4. The molecule has 0 bridgehead atoms. The first-order chi connectivity index (χ1) is 7.56.